The minimum absolute atomic E-state index is 0.0547. The summed E-state index contributed by atoms with van der Waals surface area (Å²) in [6.07, 6.45) is 0. The first-order valence-corrected chi connectivity index (χ1v) is 8.96. The second-order valence-electron chi connectivity index (χ2n) is 6.19. The summed E-state index contributed by atoms with van der Waals surface area (Å²) in [6.45, 7) is 3.94. The van der Waals surface area contributed by atoms with E-state index in [0.717, 1.165) is 11.3 Å². The molecular weight excluding hydrogens is 398 g/mol. The van der Waals surface area contributed by atoms with Crippen LogP contribution in [0.5, 0.6) is 11.5 Å². The van der Waals surface area contributed by atoms with Gasteiger partial charge in [-0.05, 0) is 56.3 Å². The van der Waals surface area contributed by atoms with E-state index < -0.39 is 11.8 Å². The Morgan fingerprint density at radius 3 is 2.45 bits per heavy atom. The average molecular weight is 416 g/mol. The summed E-state index contributed by atoms with van der Waals surface area (Å²) in [5.74, 6) is -0.217. The van der Waals surface area contributed by atoms with Gasteiger partial charge in [-0.15, -0.1) is 0 Å². The van der Waals surface area contributed by atoms with Crippen molar-refractivity contribution in [3.05, 3.63) is 75.6 Å². The molecule has 0 atom stereocenters. The number of aromatic nitrogens is 1. The van der Waals surface area contributed by atoms with Gasteiger partial charge in [0.15, 0.2) is 0 Å². The lowest BCUT2D eigenvalue weighted by Gasteiger charge is -2.10. The number of carbonyl (C=O) groups is 2. The molecule has 8 nitrogen and oxygen atoms in total. The van der Waals surface area contributed by atoms with Crippen LogP contribution >= 0.6 is 11.6 Å². The molecule has 0 saturated heterocycles. The highest BCUT2D eigenvalue weighted by Gasteiger charge is 2.14. The van der Waals surface area contributed by atoms with Crippen LogP contribution in [-0.2, 0) is 6.61 Å². The Hall–Kier alpha value is -3.52. The Kier molecular flexibility index (Phi) is 6.04. The van der Waals surface area contributed by atoms with E-state index in [9.17, 15) is 14.7 Å². The van der Waals surface area contributed by atoms with Gasteiger partial charge in [0.1, 0.15) is 23.9 Å². The zero-order valence-electron chi connectivity index (χ0n) is 15.7. The molecule has 3 N–H and O–H groups in total. The van der Waals surface area contributed by atoms with E-state index in [0.29, 0.717) is 23.7 Å². The number of nitrogens with one attached hydrogen (secondary N) is 2. The minimum atomic E-state index is -0.697. The Bertz CT molecular complexity index is 1030. The highest BCUT2D eigenvalue weighted by atomic mass is 35.5. The van der Waals surface area contributed by atoms with E-state index in [2.05, 4.69) is 16.0 Å². The summed E-state index contributed by atoms with van der Waals surface area (Å²) < 4.78 is 10.8. The maximum Gasteiger partial charge on any atom is 0.273 e. The fourth-order valence-corrected chi connectivity index (χ4v) is 2.68. The quantitative estimate of drug-likeness (QED) is 0.551. The third-order valence-corrected chi connectivity index (χ3v) is 4.41. The zero-order valence-corrected chi connectivity index (χ0v) is 16.4. The molecule has 2 amide bonds. The van der Waals surface area contributed by atoms with Gasteiger partial charge in [0, 0.05) is 10.6 Å². The summed E-state index contributed by atoms with van der Waals surface area (Å²) >= 11 is 5.81. The van der Waals surface area contributed by atoms with Crippen molar-refractivity contribution in [3.8, 4) is 11.5 Å². The molecule has 0 saturated carbocycles. The van der Waals surface area contributed by atoms with E-state index in [4.69, 9.17) is 20.9 Å². The molecule has 2 aromatic carbocycles. The van der Waals surface area contributed by atoms with Crippen molar-refractivity contribution >= 4 is 23.4 Å². The number of phenols is 1. The predicted octanol–water partition coefficient (Wildman–Crippen LogP) is 3.30. The Morgan fingerprint density at radius 1 is 1.10 bits per heavy atom. The number of carbonyl (C=O) groups excluding carboxylic acids is 2. The van der Waals surface area contributed by atoms with Gasteiger partial charge >= 0.3 is 0 Å². The Labute approximate surface area is 171 Å². The van der Waals surface area contributed by atoms with Crippen LogP contribution < -0.4 is 15.6 Å². The number of aryl methyl sites for hydroxylation is 2. The van der Waals surface area contributed by atoms with Crippen molar-refractivity contribution in [2.24, 2.45) is 0 Å². The molecule has 3 rings (SSSR count). The molecule has 3 aromatic rings. The molecule has 0 aliphatic carbocycles. The number of hydrogen-bond acceptors (Lipinski definition) is 6. The van der Waals surface area contributed by atoms with Crippen molar-refractivity contribution in [2.75, 3.05) is 0 Å². The van der Waals surface area contributed by atoms with E-state index in [1.54, 1.807) is 24.3 Å². The molecule has 1 heterocycles. The van der Waals surface area contributed by atoms with Gasteiger partial charge in [-0.25, -0.2) is 0 Å². The molecule has 0 radical (unpaired) electrons. The highest BCUT2D eigenvalue weighted by Crippen LogP contribution is 2.21. The first-order chi connectivity index (χ1) is 13.8. The maximum atomic E-state index is 12.2. The van der Waals surface area contributed by atoms with E-state index >= 15 is 0 Å². The van der Waals surface area contributed by atoms with E-state index in [1.807, 2.05) is 13.8 Å². The molecule has 0 spiro atoms. The van der Waals surface area contributed by atoms with Crippen LogP contribution in [0, 0.1) is 13.8 Å². The first kappa shape index (κ1) is 20.2. The van der Waals surface area contributed by atoms with Crippen LogP contribution in [0.25, 0.3) is 0 Å². The maximum absolute atomic E-state index is 12.2. The molecule has 0 unspecified atom stereocenters. The number of nitrogens with zero attached hydrogens (tertiary/aromatic N) is 1. The van der Waals surface area contributed by atoms with E-state index in [-0.39, 0.29) is 16.3 Å². The van der Waals surface area contributed by atoms with Crippen molar-refractivity contribution in [1.82, 2.24) is 16.0 Å². The number of benzene rings is 2. The summed E-state index contributed by atoms with van der Waals surface area (Å²) in [5, 5.41) is 13.9. The number of phenolic OH excluding ortho intramolecular Hbond substituents is 1. The summed E-state index contributed by atoms with van der Waals surface area (Å²) in [4.78, 5) is 24.3. The van der Waals surface area contributed by atoms with Gasteiger partial charge in [-0.2, -0.15) is 0 Å². The normalized spacial score (nSPS) is 10.4. The number of hydrazine groups is 1. The fourth-order valence-electron chi connectivity index (χ4n) is 2.51. The minimum Gasteiger partial charge on any atom is -0.507 e. The van der Waals surface area contributed by atoms with Crippen molar-refractivity contribution in [2.45, 2.75) is 20.5 Å². The number of amides is 2. The van der Waals surface area contributed by atoms with Crippen LogP contribution in [0.3, 0.4) is 0 Å². The molecule has 0 fully saturated rings. The van der Waals surface area contributed by atoms with Crippen molar-refractivity contribution in [1.29, 1.82) is 0 Å². The van der Waals surface area contributed by atoms with Crippen LogP contribution in [0.1, 0.15) is 37.7 Å². The van der Waals surface area contributed by atoms with E-state index in [1.165, 1.54) is 18.2 Å². The van der Waals surface area contributed by atoms with Crippen LogP contribution in [0.15, 0.2) is 47.0 Å². The topological polar surface area (TPSA) is 114 Å². The third kappa shape index (κ3) is 4.85. The number of rotatable bonds is 5. The van der Waals surface area contributed by atoms with Gasteiger partial charge in [0.25, 0.3) is 11.8 Å². The number of ether oxygens (including phenoxy) is 1. The van der Waals surface area contributed by atoms with Gasteiger partial charge in [-0.1, -0.05) is 16.8 Å². The molecule has 0 bridgehead atoms. The van der Waals surface area contributed by atoms with Crippen LogP contribution in [0.2, 0.25) is 5.02 Å². The summed E-state index contributed by atoms with van der Waals surface area (Å²) in [7, 11) is 0. The molecule has 1 aromatic heterocycles. The van der Waals surface area contributed by atoms with Gasteiger partial charge in [0.05, 0.1) is 16.8 Å². The van der Waals surface area contributed by atoms with Gasteiger partial charge in [-0.3, -0.25) is 20.4 Å². The molecule has 29 heavy (non-hydrogen) atoms. The van der Waals surface area contributed by atoms with Gasteiger partial charge < -0.3 is 14.4 Å². The Balaban J connectivity index is 1.56. The SMILES string of the molecule is Cc1noc(C)c1COc1ccc(C(=O)NNC(=O)c2cc(Cl)ccc2O)cc1. The van der Waals surface area contributed by atoms with Crippen LogP contribution in [-0.4, -0.2) is 22.1 Å². The fraction of sp³-hybridized carbons (Fsp3) is 0.150. The summed E-state index contributed by atoms with van der Waals surface area (Å²) in [6, 6.07) is 10.4. The Morgan fingerprint density at radius 2 is 1.79 bits per heavy atom. The zero-order chi connectivity index (χ0) is 21.0. The second kappa shape index (κ2) is 8.66. The lowest BCUT2D eigenvalue weighted by atomic mass is 10.2. The largest absolute Gasteiger partial charge is 0.507 e. The number of hydrogen-bond donors (Lipinski definition) is 3. The van der Waals surface area contributed by atoms with Crippen molar-refractivity contribution < 1.29 is 24.0 Å². The molecule has 150 valence electrons. The van der Waals surface area contributed by atoms with Crippen molar-refractivity contribution in [3.63, 3.8) is 0 Å². The molecular formula is C20H18ClN3O5. The number of aromatic hydroxyl groups is 1. The average Bonchev–Trinajstić information content (AvgIpc) is 3.04. The van der Waals surface area contributed by atoms with Crippen LogP contribution in [0.4, 0.5) is 0 Å². The smallest absolute Gasteiger partial charge is 0.273 e. The summed E-state index contributed by atoms with van der Waals surface area (Å²) in [5.41, 5.74) is 6.40. The standard InChI is InChI=1S/C20H18ClN3O5/c1-11-17(12(2)29-24-11)10-28-15-6-3-13(4-7-15)19(26)22-23-20(27)16-9-14(21)5-8-18(16)25/h3-9,25H,10H2,1-2H3,(H,22,26)(H,23,27). The predicted molar refractivity (Wildman–Crippen MR) is 105 cm³/mol. The lowest BCUT2D eigenvalue weighted by Crippen LogP contribution is -2.41. The molecule has 9 heteroatoms. The third-order valence-electron chi connectivity index (χ3n) is 4.17. The second-order valence-corrected chi connectivity index (χ2v) is 6.62. The highest BCUT2D eigenvalue weighted by molar-refractivity contribution is 6.31. The molecule has 0 aliphatic rings. The molecule has 0 aliphatic heterocycles. The lowest BCUT2D eigenvalue weighted by molar-refractivity contribution is 0.0845. The number of halogens is 1. The van der Waals surface area contributed by atoms with Gasteiger partial charge in [0.2, 0.25) is 0 Å². The first-order valence-electron chi connectivity index (χ1n) is 8.59. The monoisotopic (exact) mass is 415 g/mol.